The highest BCUT2D eigenvalue weighted by molar-refractivity contribution is 7.89. The molecule has 1 aliphatic rings. The number of nitrogens with one attached hydrogen (secondary N) is 1. The van der Waals surface area contributed by atoms with Crippen LogP contribution in [0.4, 0.5) is 0 Å². The fraction of sp³-hybridized carbons (Fsp3) is 0.545. The van der Waals surface area contributed by atoms with Crippen LogP contribution in [-0.2, 0) is 10.0 Å². The van der Waals surface area contributed by atoms with Crippen molar-refractivity contribution in [2.75, 3.05) is 19.6 Å². The van der Waals surface area contributed by atoms with Gasteiger partial charge in [-0.25, -0.2) is 13.4 Å². The zero-order valence-corrected chi connectivity index (χ0v) is 10.9. The first-order valence-corrected chi connectivity index (χ1v) is 7.11. The van der Waals surface area contributed by atoms with Gasteiger partial charge < -0.3 is 5.32 Å². The minimum atomic E-state index is -3.45. The lowest BCUT2D eigenvalue weighted by Crippen LogP contribution is -2.52. The number of aryl methyl sites for hydroxylation is 1. The summed E-state index contributed by atoms with van der Waals surface area (Å²) in [6, 6.07) is 3.31. The zero-order chi connectivity index (χ0) is 12.5. The maximum atomic E-state index is 12.3. The molecule has 2 rings (SSSR count). The van der Waals surface area contributed by atoms with Crippen molar-refractivity contribution in [3.63, 3.8) is 0 Å². The van der Waals surface area contributed by atoms with Gasteiger partial charge in [-0.15, -0.1) is 0 Å². The molecule has 1 atom stereocenters. The predicted octanol–water partition coefficient (Wildman–Crippen LogP) is 0.372. The lowest BCUT2D eigenvalue weighted by molar-refractivity contribution is 0.283. The summed E-state index contributed by atoms with van der Waals surface area (Å²) in [4.78, 5) is 4.01. The number of hydrogen-bond acceptors (Lipinski definition) is 4. The van der Waals surface area contributed by atoms with Crippen molar-refractivity contribution in [2.24, 2.45) is 0 Å². The van der Waals surface area contributed by atoms with Crippen molar-refractivity contribution in [3.8, 4) is 0 Å². The Morgan fingerprint density at radius 1 is 1.47 bits per heavy atom. The summed E-state index contributed by atoms with van der Waals surface area (Å²) >= 11 is 0. The summed E-state index contributed by atoms with van der Waals surface area (Å²) in [6.45, 7) is 5.66. The molecule has 0 bridgehead atoms. The molecule has 0 aromatic carbocycles. The number of rotatable bonds is 2. The van der Waals surface area contributed by atoms with Crippen molar-refractivity contribution in [1.29, 1.82) is 0 Å². The molecular formula is C11H17N3O2S. The van der Waals surface area contributed by atoms with E-state index in [1.165, 1.54) is 4.31 Å². The fourth-order valence-electron chi connectivity index (χ4n) is 1.91. The van der Waals surface area contributed by atoms with Crippen LogP contribution in [0.3, 0.4) is 0 Å². The average Bonchev–Trinajstić information content (AvgIpc) is 2.30. The molecule has 0 unspecified atom stereocenters. The minimum absolute atomic E-state index is 0.0307. The van der Waals surface area contributed by atoms with Crippen molar-refractivity contribution >= 4 is 10.0 Å². The topological polar surface area (TPSA) is 62.3 Å². The SMILES string of the molecule is Cc1ccc(S(=O)(=O)N2CCNC[C@@H]2C)nc1. The first kappa shape index (κ1) is 12.5. The first-order valence-electron chi connectivity index (χ1n) is 5.67. The summed E-state index contributed by atoms with van der Waals surface area (Å²) < 4.78 is 26.2. The van der Waals surface area contributed by atoms with Gasteiger partial charge >= 0.3 is 0 Å². The molecule has 1 aromatic heterocycles. The Labute approximate surface area is 102 Å². The quantitative estimate of drug-likeness (QED) is 0.829. The number of nitrogens with zero attached hydrogens (tertiary/aromatic N) is 2. The summed E-state index contributed by atoms with van der Waals surface area (Å²) in [7, 11) is -3.45. The first-order chi connectivity index (χ1) is 8.01. The van der Waals surface area contributed by atoms with Gasteiger partial charge in [-0.2, -0.15) is 4.31 Å². The van der Waals surface area contributed by atoms with E-state index in [1.54, 1.807) is 18.3 Å². The molecule has 0 aliphatic carbocycles. The zero-order valence-electron chi connectivity index (χ0n) is 10.0. The maximum absolute atomic E-state index is 12.3. The monoisotopic (exact) mass is 255 g/mol. The van der Waals surface area contributed by atoms with Crippen LogP contribution in [0.15, 0.2) is 23.4 Å². The van der Waals surface area contributed by atoms with Crippen LogP contribution < -0.4 is 5.32 Å². The molecule has 1 aliphatic heterocycles. The van der Waals surface area contributed by atoms with Gasteiger partial charge in [0.05, 0.1) is 0 Å². The van der Waals surface area contributed by atoms with E-state index in [9.17, 15) is 8.42 Å². The Morgan fingerprint density at radius 2 is 2.24 bits per heavy atom. The van der Waals surface area contributed by atoms with Gasteiger partial charge in [0.25, 0.3) is 10.0 Å². The van der Waals surface area contributed by atoms with Crippen LogP contribution in [0, 0.1) is 6.92 Å². The standard InChI is InChI=1S/C11H17N3O2S/c1-9-3-4-11(13-7-9)17(15,16)14-6-5-12-8-10(14)2/h3-4,7,10,12H,5-6,8H2,1-2H3/t10-/m0/s1. The third-order valence-corrected chi connectivity index (χ3v) is 4.83. The fourth-order valence-corrected chi connectivity index (χ4v) is 3.45. The van der Waals surface area contributed by atoms with Crippen LogP contribution in [0.5, 0.6) is 0 Å². The molecule has 94 valence electrons. The highest BCUT2D eigenvalue weighted by atomic mass is 32.2. The van der Waals surface area contributed by atoms with Gasteiger partial charge in [-0.1, -0.05) is 6.07 Å². The molecule has 0 radical (unpaired) electrons. The van der Waals surface area contributed by atoms with E-state index in [-0.39, 0.29) is 11.1 Å². The molecule has 0 spiro atoms. The molecule has 1 aromatic rings. The van der Waals surface area contributed by atoms with Crippen molar-refractivity contribution in [1.82, 2.24) is 14.6 Å². The van der Waals surface area contributed by atoms with Crippen LogP contribution in [-0.4, -0.2) is 43.4 Å². The molecule has 5 nitrogen and oxygen atoms in total. The van der Waals surface area contributed by atoms with E-state index >= 15 is 0 Å². The smallest absolute Gasteiger partial charge is 0.260 e. The van der Waals surface area contributed by atoms with Gasteiger partial charge in [-0.3, -0.25) is 0 Å². The second-order valence-corrected chi connectivity index (χ2v) is 6.18. The van der Waals surface area contributed by atoms with E-state index in [4.69, 9.17) is 0 Å². The Hall–Kier alpha value is -0.980. The minimum Gasteiger partial charge on any atom is -0.314 e. The number of pyridine rings is 1. The van der Waals surface area contributed by atoms with Crippen LogP contribution in [0.2, 0.25) is 0 Å². The van der Waals surface area contributed by atoms with Crippen LogP contribution in [0.25, 0.3) is 0 Å². The average molecular weight is 255 g/mol. The van der Waals surface area contributed by atoms with Gasteiger partial charge in [0, 0.05) is 31.9 Å². The summed E-state index contributed by atoms with van der Waals surface area (Å²) in [5.74, 6) is 0. The lowest BCUT2D eigenvalue weighted by atomic mass is 10.3. The number of aromatic nitrogens is 1. The number of piperazine rings is 1. The Balaban J connectivity index is 2.32. The van der Waals surface area contributed by atoms with Crippen LogP contribution >= 0.6 is 0 Å². The predicted molar refractivity (Wildman–Crippen MR) is 65.2 cm³/mol. The lowest BCUT2D eigenvalue weighted by Gasteiger charge is -2.32. The number of sulfonamides is 1. The van der Waals surface area contributed by atoms with Crippen LogP contribution in [0.1, 0.15) is 12.5 Å². The normalized spacial score (nSPS) is 22.6. The Kier molecular flexibility index (Phi) is 3.46. The third kappa shape index (κ3) is 2.48. The van der Waals surface area contributed by atoms with Gasteiger partial charge in [0.1, 0.15) is 0 Å². The molecule has 1 fully saturated rings. The van der Waals surface area contributed by atoms with Crippen molar-refractivity contribution in [2.45, 2.75) is 24.9 Å². The Morgan fingerprint density at radius 3 is 2.82 bits per heavy atom. The van der Waals surface area contributed by atoms with E-state index in [1.807, 2.05) is 13.8 Å². The highest BCUT2D eigenvalue weighted by Crippen LogP contribution is 2.17. The molecule has 0 saturated carbocycles. The van der Waals surface area contributed by atoms with Crippen molar-refractivity contribution in [3.05, 3.63) is 23.9 Å². The van der Waals surface area contributed by atoms with Gasteiger partial charge in [0.2, 0.25) is 0 Å². The molecular weight excluding hydrogens is 238 g/mol. The van der Waals surface area contributed by atoms with E-state index in [0.717, 1.165) is 5.56 Å². The second kappa shape index (κ2) is 4.72. The molecule has 2 heterocycles. The summed E-state index contributed by atoms with van der Waals surface area (Å²) in [6.07, 6.45) is 1.58. The van der Waals surface area contributed by atoms with Gasteiger partial charge in [0.15, 0.2) is 5.03 Å². The molecule has 17 heavy (non-hydrogen) atoms. The van der Waals surface area contributed by atoms with E-state index in [2.05, 4.69) is 10.3 Å². The molecule has 0 amide bonds. The largest absolute Gasteiger partial charge is 0.314 e. The third-order valence-electron chi connectivity index (χ3n) is 2.90. The summed E-state index contributed by atoms with van der Waals surface area (Å²) in [5, 5.41) is 3.31. The molecule has 1 saturated heterocycles. The highest BCUT2D eigenvalue weighted by Gasteiger charge is 2.31. The summed E-state index contributed by atoms with van der Waals surface area (Å²) in [5.41, 5.74) is 0.956. The van der Waals surface area contributed by atoms with Gasteiger partial charge in [-0.05, 0) is 25.5 Å². The van der Waals surface area contributed by atoms with E-state index < -0.39 is 10.0 Å². The second-order valence-electron chi connectivity index (χ2n) is 4.34. The Bertz CT molecular complexity index is 484. The maximum Gasteiger partial charge on any atom is 0.260 e. The molecule has 6 heteroatoms. The van der Waals surface area contributed by atoms with E-state index in [0.29, 0.717) is 19.6 Å². The number of hydrogen-bond donors (Lipinski definition) is 1. The molecule has 1 N–H and O–H groups in total. The van der Waals surface area contributed by atoms with Crippen molar-refractivity contribution < 1.29 is 8.42 Å².